The van der Waals surface area contributed by atoms with Gasteiger partial charge in [0.2, 0.25) is 5.95 Å². The van der Waals surface area contributed by atoms with Gasteiger partial charge < -0.3 is 21.2 Å². The van der Waals surface area contributed by atoms with E-state index in [0.29, 0.717) is 29.5 Å². The van der Waals surface area contributed by atoms with Crippen LogP contribution in [0.25, 0.3) is 11.5 Å². The number of hydrazine groups is 1. The second-order valence-electron chi connectivity index (χ2n) is 5.68. The molecule has 0 saturated carbocycles. The summed E-state index contributed by atoms with van der Waals surface area (Å²) >= 11 is 0. The van der Waals surface area contributed by atoms with Crippen LogP contribution in [-0.2, 0) is 6.54 Å². The molecule has 25 heavy (non-hydrogen) atoms. The number of aryl methyl sites for hydroxylation is 1. The van der Waals surface area contributed by atoms with Crippen LogP contribution in [0.1, 0.15) is 11.1 Å². The summed E-state index contributed by atoms with van der Waals surface area (Å²) in [7, 11) is 1.77. The van der Waals surface area contributed by atoms with E-state index >= 15 is 0 Å². The van der Waals surface area contributed by atoms with Crippen LogP contribution in [0.15, 0.2) is 41.0 Å². The zero-order chi connectivity index (χ0) is 18.0. The van der Waals surface area contributed by atoms with E-state index in [1.807, 2.05) is 25.1 Å². The smallest absolute Gasteiger partial charge is 0.222 e. The minimum atomic E-state index is 0.115. The van der Waals surface area contributed by atoms with E-state index in [4.69, 9.17) is 21.7 Å². The maximum absolute atomic E-state index is 6.27. The molecule has 3 aromatic rings. The molecule has 0 aliphatic heterocycles. The van der Waals surface area contributed by atoms with E-state index in [2.05, 4.69) is 15.3 Å². The lowest BCUT2D eigenvalue weighted by Gasteiger charge is -2.22. The number of aromatic nitrogens is 2. The molecule has 0 atom stereocenters. The van der Waals surface area contributed by atoms with Crippen LogP contribution in [0.3, 0.4) is 0 Å². The molecule has 8 nitrogen and oxygen atoms in total. The van der Waals surface area contributed by atoms with Crippen molar-refractivity contribution in [1.29, 1.82) is 0 Å². The number of nitrogen functional groups attached to an aromatic ring is 2. The third-order valence-corrected chi connectivity index (χ3v) is 3.87. The topological polar surface area (TPSA) is 132 Å². The summed E-state index contributed by atoms with van der Waals surface area (Å²) in [4.78, 5) is 8.56. The second-order valence-corrected chi connectivity index (χ2v) is 5.68. The summed E-state index contributed by atoms with van der Waals surface area (Å²) in [6.45, 7) is 2.39. The number of furan rings is 1. The fraction of sp³-hybridized carbons (Fsp3) is 0.176. The van der Waals surface area contributed by atoms with E-state index in [0.717, 1.165) is 16.8 Å². The Balaban J connectivity index is 1.99. The molecule has 7 N–H and O–H groups in total. The Morgan fingerprint density at radius 3 is 2.64 bits per heavy atom. The van der Waals surface area contributed by atoms with Gasteiger partial charge in [0.25, 0.3) is 0 Å². The minimum absolute atomic E-state index is 0.115. The predicted octanol–water partition coefficient (Wildman–Crippen LogP) is 2.13. The van der Waals surface area contributed by atoms with Crippen molar-refractivity contribution in [2.75, 3.05) is 28.8 Å². The molecule has 1 aromatic carbocycles. The first kappa shape index (κ1) is 16.6. The van der Waals surface area contributed by atoms with Gasteiger partial charge >= 0.3 is 0 Å². The molecule has 0 aliphatic carbocycles. The molecule has 0 aliphatic rings. The molecule has 0 saturated heterocycles. The Bertz CT molecular complexity index is 877. The highest BCUT2D eigenvalue weighted by Gasteiger charge is 2.19. The van der Waals surface area contributed by atoms with Crippen molar-refractivity contribution in [2.45, 2.75) is 13.5 Å². The number of hydrogen-bond donors (Lipinski definition) is 4. The zero-order valence-corrected chi connectivity index (χ0v) is 14.2. The van der Waals surface area contributed by atoms with Crippen molar-refractivity contribution in [2.24, 2.45) is 5.84 Å². The first-order chi connectivity index (χ1) is 12.0. The van der Waals surface area contributed by atoms with E-state index in [-0.39, 0.29) is 5.95 Å². The first-order valence-corrected chi connectivity index (χ1v) is 7.76. The van der Waals surface area contributed by atoms with Crippen molar-refractivity contribution >= 4 is 23.1 Å². The SMILES string of the molecule is CNc1c(-c2ccco2)nc(N)nc1N(N)Cc1ccc(N)c(C)c1. The molecule has 3 rings (SSSR count). The monoisotopic (exact) mass is 339 g/mol. The Morgan fingerprint density at radius 1 is 1.20 bits per heavy atom. The summed E-state index contributed by atoms with van der Waals surface area (Å²) < 4.78 is 5.44. The Morgan fingerprint density at radius 2 is 2.00 bits per heavy atom. The van der Waals surface area contributed by atoms with Gasteiger partial charge in [0.15, 0.2) is 11.6 Å². The third-order valence-electron chi connectivity index (χ3n) is 3.87. The molecule has 130 valence electrons. The van der Waals surface area contributed by atoms with E-state index in [1.54, 1.807) is 25.4 Å². The van der Waals surface area contributed by atoms with Crippen molar-refractivity contribution in [3.8, 4) is 11.5 Å². The van der Waals surface area contributed by atoms with E-state index in [9.17, 15) is 0 Å². The van der Waals surface area contributed by atoms with Crippen LogP contribution in [0.2, 0.25) is 0 Å². The van der Waals surface area contributed by atoms with Crippen LogP contribution in [0.4, 0.5) is 23.1 Å². The summed E-state index contributed by atoms with van der Waals surface area (Å²) in [5.74, 6) is 7.45. The molecule has 0 spiro atoms. The number of nitrogens with two attached hydrogens (primary N) is 3. The highest BCUT2D eigenvalue weighted by molar-refractivity contribution is 5.81. The molecule has 0 unspecified atom stereocenters. The lowest BCUT2D eigenvalue weighted by Crippen LogP contribution is -2.32. The van der Waals surface area contributed by atoms with Gasteiger partial charge in [0, 0.05) is 12.7 Å². The van der Waals surface area contributed by atoms with Crippen molar-refractivity contribution in [3.63, 3.8) is 0 Å². The molecular formula is C17H21N7O. The van der Waals surface area contributed by atoms with Crippen molar-refractivity contribution < 1.29 is 4.42 Å². The Labute approximate surface area is 145 Å². The number of rotatable bonds is 5. The van der Waals surface area contributed by atoms with E-state index < -0.39 is 0 Å². The van der Waals surface area contributed by atoms with Crippen LogP contribution >= 0.6 is 0 Å². The standard InChI is InChI=1S/C17H21N7O/c1-10-8-11(5-6-12(10)18)9-24(20)16-15(21-2)14(22-17(19)23-16)13-4-3-7-25-13/h3-8,21H,9,18,20H2,1-2H3,(H2,19,22,23). The molecule has 2 aromatic heterocycles. The number of nitrogens with one attached hydrogen (secondary N) is 1. The van der Waals surface area contributed by atoms with Gasteiger partial charge in [0.05, 0.1) is 12.8 Å². The lowest BCUT2D eigenvalue weighted by molar-refractivity contribution is 0.580. The number of anilines is 4. The number of hydrogen-bond acceptors (Lipinski definition) is 8. The molecule has 8 heteroatoms. The summed E-state index contributed by atoms with van der Waals surface area (Å²) in [5, 5.41) is 4.60. The summed E-state index contributed by atoms with van der Waals surface area (Å²) in [5.41, 5.74) is 15.7. The average Bonchev–Trinajstić information content (AvgIpc) is 3.11. The van der Waals surface area contributed by atoms with Gasteiger partial charge in [-0.25, -0.2) is 10.8 Å². The van der Waals surface area contributed by atoms with Gasteiger partial charge in [-0.15, -0.1) is 0 Å². The molecule has 0 bridgehead atoms. The predicted molar refractivity (Wildman–Crippen MR) is 99.7 cm³/mol. The zero-order valence-electron chi connectivity index (χ0n) is 14.2. The fourth-order valence-electron chi connectivity index (χ4n) is 2.60. The molecule has 0 fully saturated rings. The van der Waals surface area contributed by atoms with E-state index in [1.165, 1.54) is 5.01 Å². The maximum atomic E-state index is 6.27. The quantitative estimate of drug-likeness (QED) is 0.316. The van der Waals surface area contributed by atoms with Crippen molar-refractivity contribution in [1.82, 2.24) is 9.97 Å². The Kier molecular flexibility index (Phi) is 4.44. The van der Waals surface area contributed by atoms with Gasteiger partial charge in [-0.2, -0.15) is 4.98 Å². The number of nitrogens with zero attached hydrogens (tertiary/aromatic N) is 3. The first-order valence-electron chi connectivity index (χ1n) is 7.76. The second kappa shape index (κ2) is 6.70. The van der Waals surface area contributed by atoms with Gasteiger partial charge in [-0.3, -0.25) is 5.01 Å². The maximum Gasteiger partial charge on any atom is 0.222 e. The summed E-state index contributed by atoms with van der Waals surface area (Å²) in [6, 6.07) is 9.37. The lowest BCUT2D eigenvalue weighted by atomic mass is 10.1. The van der Waals surface area contributed by atoms with Crippen LogP contribution in [-0.4, -0.2) is 17.0 Å². The highest BCUT2D eigenvalue weighted by Crippen LogP contribution is 2.34. The largest absolute Gasteiger partial charge is 0.463 e. The van der Waals surface area contributed by atoms with Gasteiger partial charge in [-0.05, 0) is 36.2 Å². The van der Waals surface area contributed by atoms with Crippen LogP contribution in [0, 0.1) is 6.92 Å². The normalized spacial score (nSPS) is 10.7. The third kappa shape index (κ3) is 3.33. The van der Waals surface area contributed by atoms with Gasteiger partial charge in [0.1, 0.15) is 11.4 Å². The Hall–Kier alpha value is -3.26. The van der Waals surface area contributed by atoms with Crippen molar-refractivity contribution in [3.05, 3.63) is 47.7 Å². The number of benzene rings is 1. The highest BCUT2D eigenvalue weighted by atomic mass is 16.3. The fourth-order valence-corrected chi connectivity index (χ4v) is 2.60. The van der Waals surface area contributed by atoms with Crippen LogP contribution < -0.4 is 27.6 Å². The van der Waals surface area contributed by atoms with Crippen LogP contribution in [0.5, 0.6) is 0 Å². The molecular weight excluding hydrogens is 318 g/mol. The average molecular weight is 339 g/mol. The minimum Gasteiger partial charge on any atom is -0.463 e. The molecule has 2 heterocycles. The van der Waals surface area contributed by atoms with Gasteiger partial charge in [-0.1, -0.05) is 12.1 Å². The molecule has 0 amide bonds. The summed E-state index contributed by atoms with van der Waals surface area (Å²) in [6.07, 6.45) is 1.57. The molecule has 0 radical (unpaired) electrons.